The second-order valence-corrected chi connectivity index (χ2v) is 6.62. The maximum atomic E-state index is 12.3. The Labute approximate surface area is 171 Å². The fraction of sp³-hybridized carbons (Fsp3) is 0.364. The van der Waals surface area contributed by atoms with Crippen LogP contribution in [-0.2, 0) is 16.1 Å². The Morgan fingerprint density at radius 1 is 1.00 bits per heavy atom. The van der Waals surface area contributed by atoms with Gasteiger partial charge in [-0.15, -0.1) is 0 Å². The molecule has 1 N–H and O–H groups in total. The van der Waals surface area contributed by atoms with Crippen molar-refractivity contribution in [2.45, 2.75) is 19.9 Å². The minimum Gasteiger partial charge on any atom is -0.493 e. The first-order valence-corrected chi connectivity index (χ1v) is 9.43. The van der Waals surface area contributed by atoms with E-state index in [1.165, 1.54) is 0 Å². The first kappa shape index (κ1) is 22.2. The van der Waals surface area contributed by atoms with E-state index in [2.05, 4.69) is 5.32 Å². The van der Waals surface area contributed by atoms with Gasteiger partial charge in [0.05, 0.1) is 32.9 Å². The predicted molar refractivity (Wildman–Crippen MR) is 112 cm³/mol. The number of anilines is 1. The number of rotatable bonds is 10. The average Bonchev–Trinajstić information content (AvgIpc) is 2.72. The molecule has 0 fully saturated rings. The Morgan fingerprint density at radius 2 is 1.69 bits per heavy atom. The van der Waals surface area contributed by atoms with Crippen LogP contribution in [0.1, 0.15) is 29.3 Å². The van der Waals surface area contributed by atoms with Gasteiger partial charge < -0.3 is 19.5 Å². The summed E-state index contributed by atoms with van der Waals surface area (Å²) >= 11 is 0. The molecule has 0 bridgehead atoms. The molecular formula is C22H28N2O5. The molecule has 0 saturated heterocycles. The number of hydrogen-bond donors (Lipinski definition) is 1. The van der Waals surface area contributed by atoms with E-state index < -0.39 is 0 Å². The van der Waals surface area contributed by atoms with Crippen molar-refractivity contribution in [1.29, 1.82) is 0 Å². The van der Waals surface area contributed by atoms with Crippen molar-refractivity contribution in [3.05, 3.63) is 53.6 Å². The third-order valence-corrected chi connectivity index (χ3v) is 4.16. The number of methoxy groups -OCH3 is 2. The van der Waals surface area contributed by atoms with E-state index in [1.807, 2.05) is 37.1 Å². The summed E-state index contributed by atoms with van der Waals surface area (Å²) in [4.78, 5) is 26.0. The summed E-state index contributed by atoms with van der Waals surface area (Å²) in [5.74, 6) is 0.813. The molecule has 0 unspecified atom stereocenters. The Morgan fingerprint density at radius 3 is 2.31 bits per heavy atom. The molecule has 0 spiro atoms. The van der Waals surface area contributed by atoms with E-state index in [1.54, 1.807) is 38.5 Å². The van der Waals surface area contributed by atoms with Crippen molar-refractivity contribution in [2.75, 3.05) is 39.7 Å². The van der Waals surface area contributed by atoms with Crippen LogP contribution in [0.5, 0.6) is 11.5 Å². The lowest BCUT2D eigenvalue weighted by atomic mass is 10.2. The van der Waals surface area contributed by atoms with Crippen molar-refractivity contribution < 1.29 is 23.8 Å². The standard InChI is InChI=1S/C22H28N2O5/c1-5-12-29-22(26)17-7-9-18(10-8-17)23-21(25)15-24(2)14-16-6-11-19(27-3)20(13-16)28-4/h6-11,13H,5,12,14-15H2,1-4H3,(H,23,25). The van der Waals surface area contributed by atoms with Crippen LogP contribution < -0.4 is 14.8 Å². The monoisotopic (exact) mass is 400 g/mol. The van der Waals surface area contributed by atoms with Crippen molar-refractivity contribution in [1.82, 2.24) is 4.90 Å². The Bertz CT molecular complexity index is 820. The molecule has 0 aliphatic heterocycles. The summed E-state index contributed by atoms with van der Waals surface area (Å²) in [5, 5.41) is 2.83. The minimum atomic E-state index is -0.362. The van der Waals surface area contributed by atoms with Gasteiger partial charge in [-0.2, -0.15) is 0 Å². The van der Waals surface area contributed by atoms with E-state index in [4.69, 9.17) is 14.2 Å². The van der Waals surface area contributed by atoms with Crippen LogP contribution in [-0.4, -0.2) is 51.2 Å². The normalized spacial score (nSPS) is 10.5. The van der Waals surface area contributed by atoms with Crippen LogP contribution in [0, 0.1) is 0 Å². The summed E-state index contributed by atoms with van der Waals surface area (Å²) in [6, 6.07) is 12.3. The molecule has 29 heavy (non-hydrogen) atoms. The van der Waals surface area contributed by atoms with Crippen molar-refractivity contribution in [3.63, 3.8) is 0 Å². The van der Waals surface area contributed by atoms with Crippen molar-refractivity contribution in [2.24, 2.45) is 0 Å². The number of nitrogens with zero attached hydrogens (tertiary/aromatic N) is 1. The number of likely N-dealkylation sites (N-methyl/N-ethyl adjacent to an activating group) is 1. The number of benzene rings is 2. The molecule has 0 radical (unpaired) electrons. The highest BCUT2D eigenvalue weighted by Gasteiger charge is 2.11. The summed E-state index contributed by atoms with van der Waals surface area (Å²) in [5.41, 5.74) is 2.09. The third kappa shape index (κ3) is 6.80. The smallest absolute Gasteiger partial charge is 0.338 e. The number of carbonyl (C=O) groups excluding carboxylic acids is 2. The molecule has 0 aromatic heterocycles. The third-order valence-electron chi connectivity index (χ3n) is 4.16. The van der Waals surface area contributed by atoms with E-state index in [9.17, 15) is 9.59 Å². The first-order chi connectivity index (χ1) is 14.0. The molecule has 2 aromatic rings. The molecule has 2 aromatic carbocycles. The largest absolute Gasteiger partial charge is 0.493 e. The zero-order chi connectivity index (χ0) is 21.2. The number of amides is 1. The van der Waals surface area contributed by atoms with Gasteiger partial charge in [-0.1, -0.05) is 13.0 Å². The lowest BCUT2D eigenvalue weighted by molar-refractivity contribution is -0.117. The lowest BCUT2D eigenvalue weighted by Gasteiger charge is -2.17. The van der Waals surface area contributed by atoms with Gasteiger partial charge in [0.1, 0.15) is 0 Å². The predicted octanol–water partition coefficient (Wildman–Crippen LogP) is 3.34. The Kier molecular flexibility index (Phi) is 8.48. The second-order valence-electron chi connectivity index (χ2n) is 6.62. The molecule has 0 aliphatic rings. The zero-order valence-corrected chi connectivity index (χ0v) is 17.4. The Balaban J connectivity index is 1.87. The van der Waals surface area contributed by atoms with Gasteiger partial charge >= 0.3 is 5.97 Å². The van der Waals surface area contributed by atoms with Gasteiger partial charge in [-0.05, 0) is 55.4 Å². The fourth-order valence-electron chi connectivity index (χ4n) is 2.76. The minimum absolute atomic E-state index is 0.144. The quantitative estimate of drug-likeness (QED) is 0.617. The molecule has 0 atom stereocenters. The van der Waals surface area contributed by atoms with Crippen LogP contribution >= 0.6 is 0 Å². The summed E-state index contributed by atoms with van der Waals surface area (Å²) < 4.78 is 15.6. The SMILES string of the molecule is CCCOC(=O)c1ccc(NC(=O)CN(C)Cc2ccc(OC)c(OC)c2)cc1. The van der Waals surface area contributed by atoms with E-state index in [0.29, 0.717) is 35.9 Å². The molecule has 156 valence electrons. The number of hydrogen-bond acceptors (Lipinski definition) is 6. The number of carbonyl (C=O) groups is 2. The lowest BCUT2D eigenvalue weighted by Crippen LogP contribution is -2.29. The average molecular weight is 400 g/mol. The molecule has 0 heterocycles. The summed E-state index contributed by atoms with van der Waals surface area (Å²) in [6.07, 6.45) is 0.775. The zero-order valence-electron chi connectivity index (χ0n) is 17.4. The fourth-order valence-corrected chi connectivity index (χ4v) is 2.76. The summed E-state index contributed by atoms with van der Waals surface area (Å²) in [7, 11) is 5.05. The first-order valence-electron chi connectivity index (χ1n) is 9.43. The molecule has 7 heteroatoms. The van der Waals surface area contributed by atoms with Crippen molar-refractivity contribution >= 4 is 17.6 Å². The van der Waals surface area contributed by atoms with Crippen LogP contribution in [0.4, 0.5) is 5.69 Å². The Hall–Kier alpha value is -3.06. The van der Waals surface area contributed by atoms with Gasteiger partial charge in [-0.3, -0.25) is 9.69 Å². The molecule has 2 rings (SSSR count). The topological polar surface area (TPSA) is 77.1 Å². The van der Waals surface area contributed by atoms with Gasteiger partial charge in [0, 0.05) is 12.2 Å². The van der Waals surface area contributed by atoms with Gasteiger partial charge in [0.15, 0.2) is 11.5 Å². The molecule has 7 nitrogen and oxygen atoms in total. The highest BCUT2D eigenvalue weighted by Crippen LogP contribution is 2.27. The molecule has 0 aliphatic carbocycles. The second kappa shape index (κ2) is 11.1. The van der Waals surface area contributed by atoms with Crippen LogP contribution in [0.2, 0.25) is 0 Å². The van der Waals surface area contributed by atoms with Gasteiger partial charge in [-0.25, -0.2) is 4.79 Å². The van der Waals surface area contributed by atoms with E-state index in [-0.39, 0.29) is 18.4 Å². The van der Waals surface area contributed by atoms with E-state index in [0.717, 1.165) is 12.0 Å². The molecule has 1 amide bonds. The number of ether oxygens (including phenoxy) is 3. The van der Waals surface area contributed by atoms with E-state index >= 15 is 0 Å². The molecule has 0 saturated carbocycles. The van der Waals surface area contributed by atoms with Crippen LogP contribution in [0.3, 0.4) is 0 Å². The number of nitrogens with one attached hydrogen (secondary N) is 1. The van der Waals surface area contributed by atoms with Gasteiger partial charge in [0.2, 0.25) is 5.91 Å². The van der Waals surface area contributed by atoms with Crippen molar-refractivity contribution in [3.8, 4) is 11.5 Å². The number of esters is 1. The molecular weight excluding hydrogens is 372 g/mol. The highest BCUT2D eigenvalue weighted by molar-refractivity contribution is 5.94. The van der Waals surface area contributed by atoms with Crippen LogP contribution in [0.25, 0.3) is 0 Å². The maximum absolute atomic E-state index is 12.3. The van der Waals surface area contributed by atoms with Crippen LogP contribution in [0.15, 0.2) is 42.5 Å². The summed E-state index contributed by atoms with van der Waals surface area (Å²) in [6.45, 7) is 3.13. The maximum Gasteiger partial charge on any atom is 0.338 e. The van der Waals surface area contributed by atoms with Gasteiger partial charge in [0.25, 0.3) is 0 Å². The highest BCUT2D eigenvalue weighted by atomic mass is 16.5.